The lowest BCUT2D eigenvalue weighted by Gasteiger charge is -2.30. The predicted octanol–water partition coefficient (Wildman–Crippen LogP) is 2.36. The van der Waals surface area contributed by atoms with Crippen LogP contribution in [0.15, 0.2) is 30.5 Å². The number of piperidine rings is 2. The van der Waals surface area contributed by atoms with Gasteiger partial charge in [-0.2, -0.15) is 0 Å². The van der Waals surface area contributed by atoms with E-state index in [0.29, 0.717) is 18.3 Å². The van der Waals surface area contributed by atoms with Gasteiger partial charge in [0.05, 0.1) is 12.2 Å². The second-order valence-corrected chi connectivity index (χ2v) is 8.53. The van der Waals surface area contributed by atoms with Crippen LogP contribution in [0.2, 0.25) is 0 Å². The molecule has 0 bridgehead atoms. The number of benzene rings is 1. The molecule has 29 heavy (non-hydrogen) atoms. The molecule has 3 heterocycles. The molecule has 0 aliphatic carbocycles. The summed E-state index contributed by atoms with van der Waals surface area (Å²) in [6.07, 6.45) is 6.39. The summed E-state index contributed by atoms with van der Waals surface area (Å²) in [4.78, 5) is 15.0. The van der Waals surface area contributed by atoms with Crippen molar-refractivity contribution in [1.82, 2.24) is 30.5 Å². The summed E-state index contributed by atoms with van der Waals surface area (Å²) in [5.74, 6) is 0.682. The molecule has 2 aliphatic rings. The van der Waals surface area contributed by atoms with Crippen molar-refractivity contribution in [2.45, 2.75) is 51.7 Å². The molecule has 2 saturated heterocycles. The second kappa shape index (κ2) is 9.50. The van der Waals surface area contributed by atoms with Gasteiger partial charge in [0.2, 0.25) is 0 Å². The Morgan fingerprint density at radius 2 is 1.93 bits per heavy atom. The average Bonchev–Trinajstić information content (AvgIpc) is 3.25. The first kappa shape index (κ1) is 20.0. The van der Waals surface area contributed by atoms with E-state index < -0.39 is 0 Å². The van der Waals surface area contributed by atoms with Crippen LogP contribution in [-0.4, -0.2) is 52.0 Å². The van der Waals surface area contributed by atoms with Gasteiger partial charge in [-0.25, -0.2) is 4.68 Å². The van der Waals surface area contributed by atoms with Crippen LogP contribution < -0.4 is 10.6 Å². The number of hydrogen-bond donors (Lipinski definition) is 2. The summed E-state index contributed by atoms with van der Waals surface area (Å²) in [5.41, 5.74) is 2.82. The number of nitrogens with one attached hydrogen (secondary N) is 2. The number of rotatable bonds is 6. The minimum atomic E-state index is -0.166. The van der Waals surface area contributed by atoms with Crippen molar-refractivity contribution in [2.24, 2.45) is 5.92 Å². The van der Waals surface area contributed by atoms with Gasteiger partial charge in [-0.3, -0.25) is 9.69 Å². The number of amides is 1. The molecule has 1 amide bonds. The number of nitrogens with zero attached hydrogens (tertiary/aromatic N) is 4. The van der Waals surface area contributed by atoms with E-state index >= 15 is 0 Å². The van der Waals surface area contributed by atoms with Gasteiger partial charge in [-0.05, 0) is 68.9 Å². The first-order valence-corrected chi connectivity index (χ1v) is 10.9. The lowest BCUT2D eigenvalue weighted by Crippen LogP contribution is -2.32. The minimum Gasteiger partial charge on any atom is -0.347 e. The summed E-state index contributed by atoms with van der Waals surface area (Å²) in [7, 11) is 0. The zero-order chi connectivity index (χ0) is 20.1. The minimum absolute atomic E-state index is 0.166. The quantitative estimate of drug-likeness (QED) is 0.784. The Hall–Kier alpha value is -2.25. The maximum absolute atomic E-state index is 12.5. The predicted molar refractivity (Wildman–Crippen MR) is 112 cm³/mol. The fourth-order valence-corrected chi connectivity index (χ4v) is 4.22. The molecule has 0 radical (unpaired) electrons. The summed E-state index contributed by atoms with van der Waals surface area (Å²) < 4.78 is 1.84. The van der Waals surface area contributed by atoms with Gasteiger partial charge in [0.15, 0.2) is 5.69 Å². The monoisotopic (exact) mass is 396 g/mol. The van der Waals surface area contributed by atoms with Crippen LogP contribution in [-0.2, 0) is 13.1 Å². The Bertz CT molecular complexity index is 805. The van der Waals surface area contributed by atoms with Gasteiger partial charge in [-0.15, -0.1) is 5.10 Å². The standard InChI is InChI=1S/C22H32N6O/c1-17-7-11-27(12-8-17)15-19-4-2-3-18(13-19)14-24-22(29)21-16-28(26-25-21)20-5-9-23-10-6-20/h2-4,13,16-17,20,23H,5-12,14-15H2,1H3,(H,24,29). The molecular formula is C22H32N6O. The third-order valence-electron chi connectivity index (χ3n) is 6.15. The fraction of sp³-hybridized carbons (Fsp3) is 0.591. The van der Waals surface area contributed by atoms with E-state index in [9.17, 15) is 4.79 Å². The first-order valence-electron chi connectivity index (χ1n) is 10.9. The Labute approximate surface area is 172 Å². The van der Waals surface area contributed by atoms with E-state index in [-0.39, 0.29) is 5.91 Å². The van der Waals surface area contributed by atoms with E-state index in [1.54, 1.807) is 6.20 Å². The van der Waals surface area contributed by atoms with Crippen molar-refractivity contribution >= 4 is 5.91 Å². The van der Waals surface area contributed by atoms with Crippen molar-refractivity contribution < 1.29 is 4.79 Å². The highest BCUT2D eigenvalue weighted by atomic mass is 16.2. The van der Waals surface area contributed by atoms with Crippen molar-refractivity contribution in [3.05, 3.63) is 47.3 Å². The zero-order valence-corrected chi connectivity index (χ0v) is 17.3. The van der Waals surface area contributed by atoms with Crippen LogP contribution in [0.5, 0.6) is 0 Å². The SMILES string of the molecule is CC1CCN(Cc2cccc(CNC(=O)c3cn(C4CCNCC4)nn3)c2)CC1. The first-order chi connectivity index (χ1) is 14.2. The largest absolute Gasteiger partial charge is 0.347 e. The van der Waals surface area contributed by atoms with Crippen LogP contribution in [0.25, 0.3) is 0 Å². The molecule has 4 rings (SSSR count). The third kappa shape index (κ3) is 5.42. The molecule has 0 unspecified atom stereocenters. The molecule has 7 heteroatoms. The van der Waals surface area contributed by atoms with E-state index in [2.05, 4.69) is 57.0 Å². The summed E-state index contributed by atoms with van der Waals surface area (Å²) in [6.45, 7) is 8.15. The summed E-state index contributed by atoms with van der Waals surface area (Å²) in [5, 5.41) is 14.6. The summed E-state index contributed by atoms with van der Waals surface area (Å²) in [6, 6.07) is 8.85. The van der Waals surface area contributed by atoms with Crippen molar-refractivity contribution in [3.63, 3.8) is 0 Å². The van der Waals surface area contributed by atoms with Gasteiger partial charge in [0, 0.05) is 13.1 Å². The zero-order valence-electron chi connectivity index (χ0n) is 17.3. The molecule has 7 nitrogen and oxygen atoms in total. The van der Waals surface area contributed by atoms with Gasteiger partial charge >= 0.3 is 0 Å². The van der Waals surface area contributed by atoms with E-state index in [1.807, 2.05) is 4.68 Å². The Kier molecular flexibility index (Phi) is 6.56. The fourth-order valence-electron chi connectivity index (χ4n) is 4.22. The van der Waals surface area contributed by atoms with Gasteiger partial charge < -0.3 is 10.6 Å². The molecule has 1 aromatic carbocycles. The number of carbonyl (C=O) groups is 1. The lowest BCUT2D eigenvalue weighted by molar-refractivity contribution is 0.0945. The second-order valence-electron chi connectivity index (χ2n) is 8.53. The molecular weight excluding hydrogens is 364 g/mol. The average molecular weight is 397 g/mol. The van der Waals surface area contributed by atoms with Crippen LogP contribution in [0.3, 0.4) is 0 Å². The molecule has 1 aromatic heterocycles. The van der Waals surface area contributed by atoms with Crippen LogP contribution in [0.4, 0.5) is 0 Å². The Morgan fingerprint density at radius 1 is 1.17 bits per heavy atom. The van der Waals surface area contributed by atoms with Crippen LogP contribution in [0, 0.1) is 5.92 Å². The summed E-state index contributed by atoms with van der Waals surface area (Å²) >= 11 is 0. The van der Waals surface area contributed by atoms with E-state index in [4.69, 9.17) is 0 Å². The van der Waals surface area contributed by atoms with Crippen LogP contribution >= 0.6 is 0 Å². The van der Waals surface area contributed by atoms with Gasteiger partial charge in [0.1, 0.15) is 0 Å². The maximum Gasteiger partial charge on any atom is 0.273 e. The van der Waals surface area contributed by atoms with E-state index in [0.717, 1.165) is 44.0 Å². The topological polar surface area (TPSA) is 75.1 Å². The van der Waals surface area contributed by atoms with E-state index in [1.165, 1.54) is 31.5 Å². The number of likely N-dealkylation sites (tertiary alicyclic amines) is 1. The number of hydrogen-bond acceptors (Lipinski definition) is 5. The highest BCUT2D eigenvalue weighted by molar-refractivity contribution is 5.91. The molecule has 156 valence electrons. The highest BCUT2D eigenvalue weighted by Gasteiger charge is 2.19. The van der Waals surface area contributed by atoms with Gasteiger partial charge in [-0.1, -0.05) is 36.4 Å². The lowest BCUT2D eigenvalue weighted by atomic mass is 9.98. The normalized spacial score (nSPS) is 19.3. The van der Waals surface area contributed by atoms with Crippen molar-refractivity contribution in [2.75, 3.05) is 26.2 Å². The number of aromatic nitrogens is 3. The van der Waals surface area contributed by atoms with Crippen molar-refractivity contribution in [3.8, 4) is 0 Å². The van der Waals surface area contributed by atoms with Crippen molar-refractivity contribution in [1.29, 1.82) is 0 Å². The molecule has 2 fully saturated rings. The van der Waals surface area contributed by atoms with Crippen LogP contribution in [0.1, 0.15) is 60.3 Å². The Morgan fingerprint density at radius 3 is 2.72 bits per heavy atom. The molecule has 0 atom stereocenters. The molecule has 2 N–H and O–H groups in total. The van der Waals surface area contributed by atoms with Gasteiger partial charge in [0.25, 0.3) is 5.91 Å². The third-order valence-corrected chi connectivity index (χ3v) is 6.15. The maximum atomic E-state index is 12.5. The smallest absolute Gasteiger partial charge is 0.273 e. The molecule has 0 spiro atoms. The highest BCUT2D eigenvalue weighted by Crippen LogP contribution is 2.19. The Balaban J connectivity index is 1.29. The molecule has 0 saturated carbocycles. The number of carbonyl (C=O) groups excluding carboxylic acids is 1. The molecule has 2 aliphatic heterocycles. The molecule has 2 aromatic rings.